The van der Waals surface area contributed by atoms with E-state index in [0.29, 0.717) is 24.3 Å². The van der Waals surface area contributed by atoms with Crippen LogP contribution in [0, 0.1) is 0 Å². The first-order valence-corrected chi connectivity index (χ1v) is 7.20. The van der Waals surface area contributed by atoms with Gasteiger partial charge in [-0.05, 0) is 18.5 Å². The van der Waals surface area contributed by atoms with Gasteiger partial charge < -0.3 is 9.64 Å². The first-order valence-electron chi connectivity index (χ1n) is 5.95. The van der Waals surface area contributed by atoms with Crippen LogP contribution in [-0.4, -0.2) is 42.1 Å². The van der Waals surface area contributed by atoms with Gasteiger partial charge in [-0.2, -0.15) is 4.98 Å². The van der Waals surface area contributed by atoms with Crippen LogP contribution in [0.2, 0.25) is 5.28 Å². The fourth-order valence-electron chi connectivity index (χ4n) is 2.21. The highest BCUT2D eigenvalue weighted by Crippen LogP contribution is 2.33. The summed E-state index contributed by atoms with van der Waals surface area (Å²) in [5, 5.41) is 1.96. The highest BCUT2D eigenvalue weighted by molar-refractivity contribution is 7.18. The molecule has 1 aliphatic rings. The molecule has 0 spiro atoms. The van der Waals surface area contributed by atoms with Crippen molar-refractivity contribution in [3.8, 4) is 0 Å². The maximum absolute atomic E-state index is 11.0. The van der Waals surface area contributed by atoms with Crippen molar-refractivity contribution in [1.29, 1.82) is 0 Å². The van der Waals surface area contributed by atoms with Gasteiger partial charge in [0.15, 0.2) is 12.1 Å². The molecule has 3 rings (SSSR count). The van der Waals surface area contributed by atoms with Crippen molar-refractivity contribution in [2.24, 2.45) is 0 Å². The summed E-state index contributed by atoms with van der Waals surface area (Å²) in [5.74, 6) is 0.795. The summed E-state index contributed by atoms with van der Waals surface area (Å²) in [7, 11) is 0. The third-order valence-corrected chi connectivity index (χ3v) is 4.32. The highest BCUT2D eigenvalue weighted by atomic mass is 35.5. The van der Waals surface area contributed by atoms with Crippen molar-refractivity contribution in [3.05, 3.63) is 16.2 Å². The Labute approximate surface area is 119 Å². The van der Waals surface area contributed by atoms with Crippen LogP contribution in [0.4, 0.5) is 5.82 Å². The predicted molar refractivity (Wildman–Crippen MR) is 75.4 cm³/mol. The summed E-state index contributed by atoms with van der Waals surface area (Å²) in [4.78, 5) is 21.7. The molecular formula is C12H12ClN3O2S. The number of aromatic nitrogens is 2. The summed E-state index contributed by atoms with van der Waals surface area (Å²) >= 11 is 7.46. The maximum Gasteiger partial charge on any atom is 0.224 e. The van der Waals surface area contributed by atoms with Crippen molar-refractivity contribution in [3.63, 3.8) is 0 Å². The molecule has 1 saturated heterocycles. The van der Waals surface area contributed by atoms with E-state index in [1.807, 2.05) is 0 Å². The molecule has 3 heterocycles. The Morgan fingerprint density at radius 3 is 3.16 bits per heavy atom. The van der Waals surface area contributed by atoms with Crippen LogP contribution in [0.15, 0.2) is 5.38 Å². The molecule has 5 nitrogen and oxygen atoms in total. The molecule has 0 N–H and O–H groups in total. The van der Waals surface area contributed by atoms with E-state index in [-0.39, 0.29) is 11.3 Å². The molecule has 1 fully saturated rings. The standard InChI is InChI=1S/C12H12ClN3O2S/c1-7-5-18-3-2-16(7)11-10-9(14-12(13)15-11)8(4-17)6-19-10/h4,6-7H,2-3,5H2,1H3/t7-/m1/s1. The number of hydrogen-bond donors (Lipinski definition) is 0. The number of aldehydes is 1. The topological polar surface area (TPSA) is 55.3 Å². The van der Waals surface area contributed by atoms with Crippen molar-refractivity contribution in [2.75, 3.05) is 24.7 Å². The van der Waals surface area contributed by atoms with Gasteiger partial charge in [-0.3, -0.25) is 4.79 Å². The van der Waals surface area contributed by atoms with Crippen molar-refractivity contribution in [1.82, 2.24) is 9.97 Å². The molecule has 1 atom stereocenters. The second-order valence-corrected chi connectivity index (χ2v) is 5.64. The van der Waals surface area contributed by atoms with Crippen LogP contribution < -0.4 is 4.90 Å². The average Bonchev–Trinajstić information content (AvgIpc) is 2.81. The van der Waals surface area contributed by atoms with Crippen molar-refractivity contribution >= 4 is 45.3 Å². The molecule has 0 saturated carbocycles. The lowest BCUT2D eigenvalue weighted by molar-refractivity contribution is 0.0987. The van der Waals surface area contributed by atoms with E-state index in [1.165, 1.54) is 11.3 Å². The second kappa shape index (κ2) is 5.03. The number of carbonyl (C=O) groups excluding carboxylic acids is 1. The van der Waals surface area contributed by atoms with E-state index in [0.717, 1.165) is 23.3 Å². The van der Waals surface area contributed by atoms with Gasteiger partial charge in [0.25, 0.3) is 0 Å². The maximum atomic E-state index is 11.0. The Hall–Kier alpha value is -1.24. The van der Waals surface area contributed by atoms with Gasteiger partial charge in [0.2, 0.25) is 5.28 Å². The summed E-state index contributed by atoms with van der Waals surface area (Å²) in [6, 6.07) is 0.227. The van der Waals surface area contributed by atoms with E-state index >= 15 is 0 Å². The van der Waals surface area contributed by atoms with E-state index in [4.69, 9.17) is 16.3 Å². The van der Waals surface area contributed by atoms with Gasteiger partial charge in [-0.15, -0.1) is 11.3 Å². The van der Waals surface area contributed by atoms with Gasteiger partial charge in [-0.25, -0.2) is 4.98 Å². The molecule has 1 aliphatic heterocycles. The van der Waals surface area contributed by atoms with Crippen LogP contribution in [0.1, 0.15) is 17.3 Å². The molecule has 0 radical (unpaired) electrons. The van der Waals surface area contributed by atoms with E-state index in [2.05, 4.69) is 21.8 Å². The van der Waals surface area contributed by atoms with Gasteiger partial charge >= 0.3 is 0 Å². The minimum Gasteiger partial charge on any atom is -0.377 e. The Morgan fingerprint density at radius 1 is 1.58 bits per heavy atom. The van der Waals surface area contributed by atoms with Gasteiger partial charge in [-0.1, -0.05) is 0 Å². The Kier molecular flexibility index (Phi) is 3.38. The number of thiophene rings is 1. The Bertz CT molecular complexity index is 631. The quantitative estimate of drug-likeness (QED) is 0.629. The van der Waals surface area contributed by atoms with Crippen LogP contribution in [0.3, 0.4) is 0 Å². The molecule has 0 aliphatic carbocycles. The average molecular weight is 298 g/mol. The number of halogens is 1. The molecule has 0 aromatic carbocycles. The number of nitrogens with zero attached hydrogens (tertiary/aromatic N) is 3. The van der Waals surface area contributed by atoms with Crippen molar-refractivity contribution in [2.45, 2.75) is 13.0 Å². The first-order chi connectivity index (χ1) is 9.20. The Morgan fingerprint density at radius 2 is 2.42 bits per heavy atom. The van der Waals surface area contributed by atoms with Crippen LogP contribution in [0.25, 0.3) is 10.2 Å². The number of fused-ring (bicyclic) bond motifs is 1. The number of rotatable bonds is 2. The van der Waals surface area contributed by atoms with E-state index < -0.39 is 0 Å². The molecular weight excluding hydrogens is 286 g/mol. The van der Waals surface area contributed by atoms with Gasteiger partial charge in [0, 0.05) is 11.9 Å². The molecule has 2 aromatic heterocycles. The summed E-state index contributed by atoms with van der Waals surface area (Å²) in [5.41, 5.74) is 1.19. The summed E-state index contributed by atoms with van der Waals surface area (Å²) in [6.45, 7) is 4.17. The molecule has 100 valence electrons. The fraction of sp³-hybridized carbons (Fsp3) is 0.417. The molecule has 19 heavy (non-hydrogen) atoms. The number of morpholine rings is 1. The minimum atomic E-state index is 0.169. The zero-order valence-corrected chi connectivity index (χ0v) is 11.9. The molecule has 2 aromatic rings. The molecule has 7 heteroatoms. The zero-order valence-electron chi connectivity index (χ0n) is 10.3. The predicted octanol–water partition coefficient (Wildman–Crippen LogP) is 2.38. The van der Waals surface area contributed by atoms with Crippen LogP contribution >= 0.6 is 22.9 Å². The molecule has 0 bridgehead atoms. The minimum absolute atomic E-state index is 0.169. The van der Waals surface area contributed by atoms with Gasteiger partial charge in [0.1, 0.15) is 0 Å². The normalized spacial score (nSPS) is 19.9. The van der Waals surface area contributed by atoms with Crippen molar-refractivity contribution < 1.29 is 9.53 Å². The lowest BCUT2D eigenvalue weighted by atomic mass is 10.2. The summed E-state index contributed by atoms with van der Waals surface area (Å²) < 4.78 is 6.33. The fourth-order valence-corrected chi connectivity index (χ4v) is 3.33. The molecule has 0 unspecified atom stereocenters. The van der Waals surface area contributed by atoms with Crippen LogP contribution in [-0.2, 0) is 4.74 Å². The van der Waals surface area contributed by atoms with E-state index in [9.17, 15) is 4.79 Å². The lowest BCUT2D eigenvalue weighted by Gasteiger charge is -2.34. The van der Waals surface area contributed by atoms with Crippen LogP contribution in [0.5, 0.6) is 0 Å². The number of ether oxygens (including phenoxy) is 1. The zero-order chi connectivity index (χ0) is 13.4. The largest absolute Gasteiger partial charge is 0.377 e. The summed E-state index contributed by atoms with van der Waals surface area (Å²) in [6.07, 6.45) is 0.800. The third-order valence-electron chi connectivity index (χ3n) is 3.16. The lowest BCUT2D eigenvalue weighted by Crippen LogP contribution is -2.44. The SMILES string of the molecule is C[C@@H]1COCCN1c1nc(Cl)nc2c(C=O)csc12. The third kappa shape index (κ3) is 2.20. The number of hydrogen-bond acceptors (Lipinski definition) is 6. The molecule has 0 amide bonds. The Balaban J connectivity index is 2.16. The van der Waals surface area contributed by atoms with Gasteiger partial charge in [0.05, 0.1) is 35.0 Å². The first kappa shape index (κ1) is 12.8. The number of anilines is 1. The second-order valence-electron chi connectivity index (χ2n) is 4.42. The highest BCUT2D eigenvalue weighted by Gasteiger charge is 2.24. The monoisotopic (exact) mass is 297 g/mol. The van der Waals surface area contributed by atoms with E-state index in [1.54, 1.807) is 5.38 Å². The number of carbonyl (C=O) groups is 1. The smallest absolute Gasteiger partial charge is 0.224 e.